The smallest absolute Gasteiger partial charge is 0.391 e. The summed E-state index contributed by atoms with van der Waals surface area (Å²) in [6, 6.07) is 3.55. The number of piperidine rings is 1. The molecule has 1 spiro atoms. The summed E-state index contributed by atoms with van der Waals surface area (Å²) in [5, 5.41) is 13.2. The third-order valence-corrected chi connectivity index (χ3v) is 7.67. The maximum Gasteiger partial charge on any atom is 0.417 e. The van der Waals surface area contributed by atoms with Gasteiger partial charge in [-0.25, -0.2) is 0 Å². The molecular formula is C22H29ClF3N3O2. The number of nitrogens with zero attached hydrogens (tertiary/aromatic N) is 2. The number of benzene rings is 1. The molecular weight excluding hydrogens is 431 g/mol. The number of piperazine rings is 1. The first kappa shape index (κ1) is 22.8. The van der Waals surface area contributed by atoms with E-state index < -0.39 is 17.8 Å². The van der Waals surface area contributed by atoms with Crippen LogP contribution in [0.4, 0.5) is 13.2 Å². The number of rotatable bonds is 5. The van der Waals surface area contributed by atoms with Crippen molar-refractivity contribution in [3.8, 4) is 0 Å². The van der Waals surface area contributed by atoms with Crippen molar-refractivity contribution in [1.82, 2.24) is 15.1 Å². The van der Waals surface area contributed by atoms with E-state index in [9.17, 15) is 23.1 Å². The van der Waals surface area contributed by atoms with E-state index in [2.05, 4.69) is 15.1 Å². The van der Waals surface area contributed by atoms with Crippen LogP contribution >= 0.6 is 11.6 Å². The minimum atomic E-state index is -4.53. The van der Waals surface area contributed by atoms with Gasteiger partial charge in [0.15, 0.2) is 0 Å². The lowest BCUT2D eigenvalue weighted by Crippen LogP contribution is -2.54. The minimum Gasteiger partial charge on any atom is -0.391 e. The number of aliphatic hydroxyl groups is 1. The molecule has 1 aromatic rings. The zero-order valence-corrected chi connectivity index (χ0v) is 18.3. The lowest BCUT2D eigenvalue weighted by molar-refractivity contribution is -0.137. The van der Waals surface area contributed by atoms with Crippen LogP contribution in [0.5, 0.6) is 0 Å². The van der Waals surface area contributed by atoms with E-state index in [1.807, 2.05) is 6.92 Å². The van der Waals surface area contributed by atoms with Crippen LogP contribution in [0.15, 0.2) is 18.2 Å². The molecule has 31 heavy (non-hydrogen) atoms. The largest absolute Gasteiger partial charge is 0.417 e. The molecule has 1 aromatic carbocycles. The van der Waals surface area contributed by atoms with Crippen LogP contribution in [0.1, 0.15) is 49.8 Å². The Bertz CT molecular complexity index is 831. The summed E-state index contributed by atoms with van der Waals surface area (Å²) in [6.45, 7) is 4.89. The van der Waals surface area contributed by atoms with Crippen LogP contribution < -0.4 is 5.32 Å². The highest BCUT2D eigenvalue weighted by Gasteiger charge is 2.52. The van der Waals surface area contributed by atoms with Crippen molar-refractivity contribution in [2.45, 2.75) is 57.0 Å². The van der Waals surface area contributed by atoms with Crippen LogP contribution in [0.3, 0.4) is 0 Å². The van der Waals surface area contributed by atoms with E-state index in [1.165, 1.54) is 6.07 Å². The zero-order valence-electron chi connectivity index (χ0n) is 17.6. The number of alkyl halides is 3. The lowest BCUT2D eigenvalue weighted by atomic mass is 9.88. The van der Waals surface area contributed by atoms with Crippen LogP contribution in [-0.4, -0.2) is 65.7 Å². The molecule has 4 rings (SSSR count). The van der Waals surface area contributed by atoms with Gasteiger partial charge in [0.05, 0.1) is 22.7 Å². The van der Waals surface area contributed by atoms with Gasteiger partial charge in [0.25, 0.3) is 0 Å². The van der Waals surface area contributed by atoms with E-state index in [4.69, 9.17) is 11.6 Å². The number of halogens is 4. The Labute approximate surface area is 185 Å². The second-order valence-corrected chi connectivity index (χ2v) is 9.57. The van der Waals surface area contributed by atoms with E-state index >= 15 is 0 Å². The number of hydrogen-bond acceptors (Lipinski definition) is 4. The van der Waals surface area contributed by atoms with E-state index in [-0.39, 0.29) is 28.4 Å². The number of β-amino-alcohol motifs (C(OH)–C–C–N with tert-alkyl or cyclic N) is 1. The van der Waals surface area contributed by atoms with Crippen molar-refractivity contribution in [3.05, 3.63) is 34.3 Å². The number of carbonyl (C=O) groups is 1. The summed E-state index contributed by atoms with van der Waals surface area (Å²) in [4.78, 5) is 16.2. The fourth-order valence-electron chi connectivity index (χ4n) is 5.02. The van der Waals surface area contributed by atoms with Crippen LogP contribution in [0.25, 0.3) is 0 Å². The molecule has 0 radical (unpaired) electrons. The molecule has 1 saturated carbocycles. The Morgan fingerprint density at radius 2 is 2.03 bits per heavy atom. The summed E-state index contributed by atoms with van der Waals surface area (Å²) in [7, 11) is 0. The Hall–Kier alpha value is -1.35. The van der Waals surface area contributed by atoms with Crippen LogP contribution in [-0.2, 0) is 11.0 Å². The van der Waals surface area contributed by atoms with E-state index in [0.29, 0.717) is 38.2 Å². The predicted octanol–water partition coefficient (Wildman–Crippen LogP) is 3.46. The van der Waals surface area contributed by atoms with Gasteiger partial charge in [-0.15, -0.1) is 0 Å². The molecule has 2 N–H and O–H groups in total. The van der Waals surface area contributed by atoms with Crippen LogP contribution in [0, 0.1) is 5.41 Å². The molecule has 2 saturated heterocycles. The van der Waals surface area contributed by atoms with Crippen LogP contribution in [0.2, 0.25) is 5.02 Å². The Balaban J connectivity index is 1.57. The molecule has 1 aliphatic carbocycles. The highest BCUT2D eigenvalue weighted by molar-refractivity contribution is 6.31. The molecule has 2 heterocycles. The molecule has 3 atom stereocenters. The minimum absolute atomic E-state index is 0.0116. The molecule has 3 aliphatic rings. The molecule has 0 bridgehead atoms. The van der Waals surface area contributed by atoms with Gasteiger partial charge in [-0.3, -0.25) is 14.6 Å². The van der Waals surface area contributed by atoms with Crippen molar-refractivity contribution in [1.29, 1.82) is 0 Å². The molecule has 9 heteroatoms. The van der Waals surface area contributed by atoms with Gasteiger partial charge in [0, 0.05) is 32.2 Å². The molecule has 2 aliphatic heterocycles. The molecule has 0 aromatic heterocycles. The Morgan fingerprint density at radius 3 is 2.68 bits per heavy atom. The van der Waals surface area contributed by atoms with Crippen molar-refractivity contribution in [3.63, 3.8) is 0 Å². The molecule has 1 amide bonds. The van der Waals surface area contributed by atoms with Gasteiger partial charge in [-0.2, -0.15) is 13.2 Å². The molecule has 3 fully saturated rings. The third-order valence-electron chi connectivity index (χ3n) is 7.34. The number of aliphatic hydroxyl groups excluding tert-OH is 1. The average Bonchev–Trinajstić information content (AvgIpc) is 3.49. The fourth-order valence-corrected chi connectivity index (χ4v) is 5.24. The molecule has 1 unspecified atom stereocenters. The zero-order chi connectivity index (χ0) is 22.4. The first-order chi connectivity index (χ1) is 14.6. The van der Waals surface area contributed by atoms with Gasteiger partial charge in [-0.05, 0) is 62.3 Å². The number of hydrogen-bond donors (Lipinski definition) is 2. The second-order valence-electron chi connectivity index (χ2n) is 9.17. The van der Waals surface area contributed by atoms with Crippen molar-refractivity contribution in [2.75, 3.05) is 32.7 Å². The highest BCUT2D eigenvalue weighted by Crippen LogP contribution is 2.54. The third kappa shape index (κ3) is 4.72. The maximum absolute atomic E-state index is 13.5. The van der Waals surface area contributed by atoms with Gasteiger partial charge < -0.3 is 10.4 Å². The summed E-state index contributed by atoms with van der Waals surface area (Å²) < 4.78 is 40.5. The summed E-state index contributed by atoms with van der Waals surface area (Å²) in [5.74, 6) is -0.0299. The second kappa shape index (κ2) is 8.54. The number of likely N-dealkylation sites (tertiary alicyclic amines) is 1. The summed E-state index contributed by atoms with van der Waals surface area (Å²) >= 11 is 5.85. The maximum atomic E-state index is 13.5. The average molecular weight is 460 g/mol. The van der Waals surface area contributed by atoms with E-state index in [1.54, 1.807) is 6.07 Å². The summed E-state index contributed by atoms with van der Waals surface area (Å²) in [5.41, 5.74) is -0.277. The monoisotopic (exact) mass is 459 g/mol. The standard InChI is InChI=1S/C22H29ClF3N3O2/c1-14-20(31)27-8-11-28(14)9-4-18(29-10-7-21(5-6-21)19(30)13-29)15-2-3-17(23)16(12-15)22(24,25)26/h2-3,12,14,18-19,30H,4-11,13H2,1H3,(H,27,31)/t14-,18?,19-/m1/s1. The topological polar surface area (TPSA) is 55.8 Å². The van der Waals surface area contributed by atoms with Gasteiger partial charge in [-0.1, -0.05) is 17.7 Å². The highest BCUT2D eigenvalue weighted by atomic mass is 35.5. The Morgan fingerprint density at radius 1 is 1.29 bits per heavy atom. The van der Waals surface area contributed by atoms with Gasteiger partial charge in [0.1, 0.15) is 0 Å². The number of amides is 1. The predicted molar refractivity (Wildman–Crippen MR) is 112 cm³/mol. The Kier molecular flexibility index (Phi) is 6.29. The normalized spacial score (nSPS) is 27.9. The summed E-state index contributed by atoms with van der Waals surface area (Å²) in [6.07, 6.45) is -1.53. The van der Waals surface area contributed by atoms with Crippen molar-refractivity contribution < 1.29 is 23.1 Å². The van der Waals surface area contributed by atoms with Gasteiger partial charge >= 0.3 is 6.18 Å². The quantitative estimate of drug-likeness (QED) is 0.708. The number of carbonyl (C=O) groups excluding carboxylic acids is 1. The van der Waals surface area contributed by atoms with E-state index in [0.717, 1.165) is 31.9 Å². The van der Waals surface area contributed by atoms with Crippen molar-refractivity contribution >= 4 is 17.5 Å². The van der Waals surface area contributed by atoms with Crippen molar-refractivity contribution in [2.24, 2.45) is 5.41 Å². The molecule has 5 nitrogen and oxygen atoms in total. The first-order valence-electron chi connectivity index (χ1n) is 10.9. The molecule has 172 valence electrons. The first-order valence-corrected chi connectivity index (χ1v) is 11.3. The lowest BCUT2D eigenvalue weighted by Gasteiger charge is -2.42. The number of nitrogens with one attached hydrogen (secondary N) is 1. The fraction of sp³-hybridized carbons (Fsp3) is 0.682. The SMILES string of the molecule is C[C@@H]1C(=O)NCCN1CCC(c1ccc(Cl)c(C(F)(F)F)c1)N1CCC2(CC2)[C@H](O)C1. The van der Waals surface area contributed by atoms with Gasteiger partial charge in [0.2, 0.25) is 5.91 Å².